The second kappa shape index (κ2) is 5.27. The van der Waals surface area contributed by atoms with Gasteiger partial charge in [0.1, 0.15) is 5.75 Å². The van der Waals surface area contributed by atoms with E-state index in [4.69, 9.17) is 16.3 Å². The van der Waals surface area contributed by atoms with Crippen molar-refractivity contribution >= 4 is 28.3 Å². The molecule has 0 amide bonds. The Kier molecular flexibility index (Phi) is 3.31. The second-order valence-electron chi connectivity index (χ2n) is 4.07. The first-order chi connectivity index (χ1) is 9.75. The zero-order chi connectivity index (χ0) is 13.9. The number of carbonyl (C=O) groups is 1. The molecule has 1 heterocycles. The summed E-state index contributed by atoms with van der Waals surface area (Å²) in [5, 5.41) is 2.22. The molecule has 0 saturated carbocycles. The molecule has 0 aliphatic heterocycles. The van der Waals surface area contributed by atoms with Crippen molar-refractivity contribution in [2.75, 3.05) is 0 Å². The van der Waals surface area contributed by atoms with Gasteiger partial charge in [-0.15, -0.1) is 0 Å². The summed E-state index contributed by atoms with van der Waals surface area (Å²) in [6, 6.07) is 10.8. The fourth-order valence-corrected chi connectivity index (χ4v) is 2.11. The first-order valence-electron chi connectivity index (χ1n) is 5.91. The third-order valence-electron chi connectivity index (χ3n) is 2.81. The van der Waals surface area contributed by atoms with Crippen LogP contribution in [0.3, 0.4) is 0 Å². The highest BCUT2D eigenvalue weighted by Gasteiger charge is 2.13. The van der Waals surface area contributed by atoms with Gasteiger partial charge in [-0.25, -0.2) is 9.78 Å². The van der Waals surface area contributed by atoms with Crippen LogP contribution in [0.25, 0.3) is 10.8 Å². The molecule has 0 bridgehead atoms. The molecule has 20 heavy (non-hydrogen) atoms. The lowest BCUT2D eigenvalue weighted by Crippen LogP contribution is -2.10. The van der Waals surface area contributed by atoms with Crippen molar-refractivity contribution in [1.29, 1.82) is 0 Å². The number of hydrogen-bond acceptors (Lipinski definition) is 4. The van der Waals surface area contributed by atoms with Gasteiger partial charge in [-0.1, -0.05) is 35.9 Å². The van der Waals surface area contributed by atoms with Gasteiger partial charge in [0.2, 0.25) is 0 Å². The van der Waals surface area contributed by atoms with Crippen LogP contribution in [0.1, 0.15) is 10.5 Å². The molecule has 0 unspecified atom stereocenters. The van der Waals surface area contributed by atoms with Crippen molar-refractivity contribution in [3.05, 3.63) is 65.7 Å². The molecule has 1 aromatic heterocycles. The molecule has 0 radical (unpaired) electrons. The van der Waals surface area contributed by atoms with Gasteiger partial charge in [0.05, 0.1) is 6.20 Å². The summed E-state index contributed by atoms with van der Waals surface area (Å²) in [7, 11) is 0. The summed E-state index contributed by atoms with van der Waals surface area (Å²) in [6.45, 7) is 0. The molecule has 0 atom stereocenters. The molecular formula is C15H9ClN2O2. The Morgan fingerprint density at radius 2 is 1.85 bits per heavy atom. The zero-order valence-corrected chi connectivity index (χ0v) is 11.0. The molecule has 0 spiro atoms. The van der Waals surface area contributed by atoms with Crippen LogP contribution >= 0.6 is 11.6 Å². The highest BCUT2D eigenvalue weighted by Crippen LogP contribution is 2.31. The van der Waals surface area contributed by atoms with Gasteiger partial charge < -0.3 is 4.74 Å². The number of nitrogens with zero attached hydrogens (tertiary/aromatic N) is 2. The molecule has 0 aliphatic rings. The lowest BCUT2D eigenvalue weighted by atomic mass is 10.1. The molecule has 3 rings (SSSR count). The van der Waals surface area contributed by atoms with Crippen molar-refractivity contribution < 1.29 is 9.53 Å². The molecule has 3 aromatic rings. The van der Waals surface area contributed by atoms with Crippen molar-refractivity contribution in [2.24, 2.45) is 0 Å². The van der Waals surface area contributed by atoms with E-state index in [2.05, 4.69) is 9.97 Å². The Morgan fingerprint density at radius 3 is 2.60 bits per heavy atom. The minimum atomic E-state index is -0.550. The summed E-state index contributed by atoms with van der Waals surface area (Å²) >= 11 is 6.12. The number of carbonyl (C=O) groups excluding carboxylic acids is 1. The Bertz CT molecular complexity index is 775. The summed E-state index contributed by atoms with van der Waals surface area (Å²) in [5.74, 6) is -0.105. The average molecular weight is 285 g/mol. The van der Waals surface area contributed by atoms with Crippen molar-refractivity contribution in [1.82, 2.24) is 9.97 Å². The van der Waals surface area contributed by atoms with Gasteiger partial charge in [0.15, 0.2) is 5.69 Å². The molecule has 0 aliphatic carbocycles. The summed E-state index contributed by atoms with van der Waals surface area (Å²) in [5.41, 5.74) is 0.159. The van der Waals surface area contributed by atoms with Gasteiger partial charge >= 0.3 is 5.97 Å². The van der Waals surface area contributed by atoms with E-state index in [9.17, 15) is 4.79 Å². The van der Waals surface area contributed by atoms with E-state index in [0.717, 1.165) is 10.8 Å². The maximum absolute atomic E-state index is 12.0. The van der Waals surface area contributed by atoms with Crippen LogP contribution in [0.4, 0.5) is 0 Å². The van der Waals surface area contributed by atoms with E-state index in [1.807, 2.05) is 24.3 Å². The number of benzene rings is 2. The monoisotopic (exact) mass is 284 g/mol. The van der Waals surface area contributed by atoms with E-state index in [1.54, 1.807) is 12.1 Å². The fourth-order valence-electron chi connectivity index (χ4n) is 1.88. The number of rotatable bonds is 2. The van der Waals surface area contributed by atoms with Gasteiger partial charge in [0, 0.05) is 28.2 Å². The lowest BCUT2D eigenvalue weighted by Gasteiger charge is -2.08. The second-order valence-corrected chi connectivity index (χ2v) is 4.48. The number of halogens is 1. The van der Waals surface area contributed by atoms with E-state index >= 15 is 0 Å². The lowest BCUT2D eigenvalue weighted by molar-refractivity contribution is 0.0730. The van der Waals surface area contributed by atoms with Gasteiger partial charge in [0.25, 0.3) is 0 Å². The molecule has 98 valence electrons. The highest BCUT2D eigenvalue weighted by atomic mass is 35.5. The van der Waals surface area contributed by atoms with Crippen LogP contribution < -0.4 is 4.74 Å². The van der Waals surface area contributed by atoms with E-state index < -0.39 is 5.97 Å². The topological polar surface area (TPSA) is 52.1 Å². The normalized spacial score (nSPS) is 10.4. The fraction of sp³-hybridized carbons (Fsp3) is 0. The predicted octanol–water partition coefficient (Wildman–Crippen LogP) is 3.50. The third-order valence-corrected chi connectivity index (χ3v) is 3.14. The van der Waals surface area contributed by atoms with Gasteiger partial charge in [-0.3, -0.25) is 4.98 Å². The minimum absolute atomic E-state index is 0.159. The summed E-state index contributed by atoms with van der Waals surface area (Å²) in [6.07, 6.45) is 4.30. The molecule has 0 fully saturated rings. The molecule has 0 N–H and O–H groups in total. The molecule has 4 nitrogen and oxygen atoms in total. The van der Waals surface area contributed by atoms with Crippen LogP contribution in [0.15, 0.2) is 55.0 Å². The van der Waals surface area contributed by atoms with E-state index in [0.29, 0.717) is 10.8 Å². The van der Waals surface area contributed by atoms with Crippen LogP contribution in [0.5, 0.6) is 5.75 Å². The van der Waals surface area contributed by atoms with Gasteiger partial charge in [-0.05, 0) is 12.1 Å². The largest absolute Gasteiger partial charge is 0.421 e. The molecule has 2 aromatic carbocycles. The van der Waals surface area contributed by atoms with Crippen molar-refractivity contribution in [2.45, 2.75) is 0 Å². The zero-order valence-electron chi connectivity index (χ0n) is 10.3. The molecule has 0 saturated heterocycles. The highest BCUT2D eigenvalue weighted by molar-refractivity contribution is 6.35. The first kappa shape index (κ1) is 12.6. The Labute approximate surface area is 120 Å². The standard InChI is InChI=1S/C15H9ClN2O2/c16-12-5-6-14(11-4-2-1-3-10(11)12)20-15(19)13-9-17-7-8-18-13/h1-9H. The molecule has 5 heteroatoms. The van der Waals surface area contributed by atoms with Gasteiger partial charge in [-0.2, -0.15) is 0 Å². The van der Waals surface area contributed by atoms with Crippen LogP contribution in [0, 0.1) is 0 Å². The minimum Gasteiger partial charge on any atom is -0.421 e. The van der Waals surface area contributed by atoms with E-state index in [-0.39, 0.29) is 5.69 Å². The number of hydrogen-bond donors (Lipinski definition) is 0. The number of fused-ring (bicyclic) bond motifs is 1. The SMILES string of the molecule is O=C(Oc1ccc(Cl)c2ccccc12)c1cnccn1. The Morgan fingerprint density at radius 1 is 1.05 bits per heavy atom. The molecular weight excluding hydrogens is 276 g/mol. The van der Waals surface area contributed by atoms with Crippen molar-refractivity contribution in [3.8, 4) is 5.75 Å². The average Bonchev–Trinajstić information content (AvgIpc) is 2.51. The van der Waals surface area contributed by atoms with Crippen molar-refractivity contribution in [3.63, 3.8) is 0 Å². The van der Waals surface area contributed by atoms with Crippen LogP contribution in [-0.4, -0.2) is 15.9 Å². The maximum atomic E-state index is 12.0. The summed E-state index contributed by atoms with van der Waals surface area (Å²) in [4.78, 5) is 19.7. The maximum Gasteiger partial charge on any atom is 0.363 e. The van der Waals surface area contributed by atoms with Crippen LogP contribution in [-0.2, 0) is 0 Å². The Hall–Kier alpha value is -2.46. The number of ether oxygens (including phenoxy) is 1. The number of esters is 1. The van der Waals surface area contributed by atoms with E-state index in [1.165, 1.54) is 18.6 Å². The first-order valence-corrected chi connectivity index (χ1v) is 6.29. The van der Waals surface area contributed by atoms with Crippen LogP contribution in [0.2, 0.25) is 5.02 Å². The summed E-state index contributed by atoms with van der Waals surface area (Å²) < 4.78 is 5.37. The quantitative estimate of drug-likeness (QED) is 0.534. The number of aromatic nitrogens is 2. The Balaban J connectivity index is 2.00. The third kappa shape index (κ3) is 2.33. The smallest absolute Gasteiger partial charge is 0.363 e. The predicted molar refractivity (Wildman–Crippen MR) is 75.9 cm³/mol.